The van der Waals surface area contributed by atoms with Gasteiger partial charge in [0, 0.05) is 12.1 Å². The van der Waals surface area contributed by atoms with Crippen LogP contribution in [0.1, 0.15) is 23.7 Å². The number of nitriles is 1. The quantitative estimate of drug-likeness (QED) is 0.674. The zero-order chi connectivity index (χ0) is 12.8. The van der Waals surface area contributed by atoms with Crippen molar-refractivity contribution < 1.29 is 9.90 Å². The fraction of sp³-hybridized carbons (Fsp3) is 0.333. The van der Waals surface area contributed by atoms with Crippen LogP contribution < -0.4 is 0 Å². The lowest BCUT2D eigenvalue weighted by Gasteiger charge is -2.18. The van der Waals surface area contributed by atoms with Gasteiger partial charge in [-0.05, 0) is 47.2 Å². The number of amides is 1. The molecule has 0 spiro atoms. The third-order valence-corrected chi connectivity index (χ3v) is 3.15. The Kier molecular flexibility index (Phi) is 5.22. The van der Waals surface area contributed by atoms with Crippen LogP contribution in [0.2, 0.25) is 0 Å². The van der Waals surface area contributed by atoms with E-state index in [1.54, 1.807) is 12.1 Å². The first-order valence-electron chi connectivity index (χ1n) is 5.25. The maximum atomic E-state index is 12.0. The Balaban J connectivity index is 2.93. The summed E-state index contributed by atoms with van der Waals surface area (Å²) in [4.78, 5) is 13.5. The molecule has 0 heterocycles. The second kappa shape index (κ2) is 6.45. The number of hydrogen-bond acceptors (Lipinski definition) is 3. The van der Waals surface area contributed by atoms with E-state index in [4.69, 9.17) is 5.26 Å². The Bertz CT molecular complexity index is 454. The largest absolute Gasteiger partial charge is 0.507 e. The minimum Gasteiger partial charge on any atom is -0.507 e. The minimum atomic E-state index is -0.222. The van der Waals surface area contributed by atoms with Gasteiger partial charge < -0.3 is 10.0 Å². The molecule has 17 heavy (non-hydrogen) atoms. The molecule has 4 nitrogen and oxygen atoms in total. The Morgan fingerprint density at radius 1 is 1.59 bits per heavy atom. The van der Waals surface area contributed by atoms with Crippen LogP contribution in [0.4, 0.5) is 0 Å². The number of carbonyl (C=O) groups is 1. The van der Waals surface area contributed by atoms with Crippen LogP contribution in [-0.2, 0) is 0 Å². The summed E-state index contributed by atoms with van der Waals surface area (Å²) in [5, 5.41) is 18.2. The van der Waals surface area contributed by atoms with Gasteiger partial charge in [0.05, 0.1) is 9.64 Å². The molecule has 1 aromatic carbocycles. The summed E-state index contributed by atoms with van der Waals surface area (Å²) in [6, 6.07) is 6.74. The standard InChI is InChI=1S/C12H13IN2O2/c1-2-6-15(7-5-14)12(17)9-3-4-10(13)11(16)8-9/h3-4,8,16H,2,6-7H2,1H3. The summed E-state index contributed by atoms with van der Waals surface area (Å²) in [5.41, 5.74) is 0.409. The lowest BCUT2D eigenvalue weighted by atomic mass is 10.2. The van der Waals surface area contributed by atoms with Gasteiger partial charge in [-0.2, -0.15) is 5.26 Å². The van der Waals surface area contributed by atoms with E-state index < -0.39 is 0 Å². The van der Waals surface area contributed by atoms with E-state index in [2.05, 4.69) is 0 Å². The number of phenolic OH excluding ortho intramolecular Hbond substituents is 1. The summed E-state index contributed by atoms with van der Waals surface area (Å²) in [6.45, 7) is 2.56. The maximum absolute atomic E-state index is 12.0. The molecular weight excluding hydrogens is 331 g/mol. The molecule has 0 aliphatic carbocycles. The van der Waals surface area contributed by atoms with E-state index in [0.29, 0.717) is 15.7 Å². The average Bonchev–Trinajstić information content (AvgIpc) is 2.31. The molecule has 0 saturated heterocycles. The molecule has 1 aromatic rings. The number of nitrogens with zero attached hydrogens (tertiary/aromatic N) is 2. The van der Waals surface area contributed by atoms with Crippen molar-refractivity contribution in [3.63, 3.8) is 0 Å². The maximum Gasteiger partial charge on any atom is 0.254 e. The van der Waals surface area contributed by atoms with Crippen LogP contribution in [0.3, 0.4) is 0 Å². The van der Waals surface area contributed by atoms with Crippen molar-refractivity contribution in [3.05, 3.63) is 27.3 Å². The topological polar surface area (TPSA) is 64.3 Å². The van der Waals surface area contributed by atoms with Crippen LogP contribution in [-0.4, -0.2) is 29.0 Å². The number of hydrogen-bond donors (Lipinski definition) is 1. The lowest BCUT2D eigenvalue weighted by molar-refractivity contribution is 0.0775. The Morgan fingerprint density at radius 2 is 2.29 bits per heavy atom. The molecule has 0 aliphatic heterocycles. The van der Waals surface area contributed by atoms with E-state index >= 15 is 0 Å². The normalized spacial score (nSPS) is 9.71. The molecule has 0 aliphatic rings. The molecule has 0 atom stereocenters. The Hall–Kier alpha value is -1.29. The molecule has 1 N–H and O–H groups in total. The van der Waals surface area contributed by atoms with Gasteiger partial charge in [-0.3, -0.25) is 4.79 Å². The second-order valence-electron chi connectivity index (χ2n) is 3.55. The van der Waals surface area contributed by atoms with Gasteiger partial charge in [-0.15, -0.1) is 0 Å². The van der Waals surface area contributed by atoms with Crippen LogP contribution in [0.25, 0.3) is 0 Å². The molecular formula is C12H13IN2O2. The Labute approximate surface area is 114 Å². The van der Waals surface area contributed by atoms with Crippen molar-refractivity contribution in [2.45, 2.75) is 13.3 Å². The van der Waals surface area contributed by atoms with Crippen LogP contribution in [0, 0.1) is 14.9 Å². The van der Waals surface area contributed by atoms with Crippen molar-refractivity contribution in [1.82, 2.24) is 4.90 Å². The fourth-order valence-electron chi connectivity index (χ4n) is 1.44. The van der Waals surface area contributed by atoms with Crippen molar-refractivity contribution in [2.75, 3.05) is 13.1 Å². The summed E-state index contributed by atoms with van der Waals surface area (Å²) >= 11 is 1.99. The number of rotatable bonds is 4. The fourth-order valence-corrected chi connectivity index (χ4v) is 1.77. The molecule has 90 valence electrons. The summed E-state index contributed by atoms with van der Waals surface area (Å²) in [5.74, 6) is -0.134. The molecule has 0 aromatic heterocycles. The molecule has 5 heteroatoms. The zero-order valence-corrected chi connectivity index (χ0v) is 11.6. The van der Waals surface area contributed by atoms with E-state index in [1.807, 2.05) is 35.6 Å². The van der Waals surface area contributed by atoms with Crippen LogP contribution in [0.5, 0.6) is 5.75 Å². The van der Waals surface area contributed by atoms with Gasteiger partial charge in [-0.1, -0.05) is 6.92 Å². The van der Waals surface area contributed by atoms with E-state index in [9.17, 15) is 9.90 Å². The van der Waals surface area contributed by atoms with Gasteiger partial charge in [0.2, 0.25) is 0 Å². The van der Waals surface area contributed by atoms with Gasteiger partial charge in [-0.25, -0.2) is 0 Å². The van der Waals surface area contributed by atoms with Crippen molar-refractivity contribution >= 4 is 28.5 Å². The second-order valence-corrected chi connectivity index (χ2v) is 4.71. The van der Waals surface area contributed by atoms with E-state index in [-0.39, 0.29) is 18.2 Å². The third-order valence-electron chi connectivity index (χ3n) is 2.24. The van der Waals surface area contributed by atoms with Crippen molar-refractivity contribution in [3.8, 4) is 11.8 Å². The van der Waals surface area contributed by atoms with Crippen LogP contribution >= 0.6 is 22.6 Å². The number of benzene rings is 1. The van der Waals surface area contributed by atoms with Gasteiger partial charge in [0.25, 0.3) is 5.91 Å². The van der Waals surface area contributed by atoms with Gasteiger partial charge >= 0.3 is 0 Å². The molecule has 0 bridgehead atoms. The summed E-state index contributed by atoms with van der Waals surface area (Å²) in [6.07, 6.45) is 0.795. The smallest absolute Gasteiger partial charge is 0.254 e. The van der Waals surface area contributed by atoms with Crippen molar-refractivity contribution in [1.29, 1.82) is 5.26 Å². The predicted molar refractivity (Wildman–Crippen MR) is 72.6 cm³/mol. The van der Waals surface area contributed by atoms with Crippen molar-refractivity contribution in [2.24, 2.45) is 0 Å². The average molecular weight is 344 g/mol. The highest BCUT2D eigenvalue weighted by atomic mass is 127. The highest BCUT2D eigenvalue weighted by molar-refractivity contribution is 14.1. The highest BCUT2D eigenvalue weighted by Crippen LogP contribution is 2.21. The minimum absolute atomic E-state index is 0.0689. The number of aromatic hydroxyl groups is 1. The van der Waals surface area contributed by atoms with E-state index in [0.717, 1.165) is 6.42 Å². The SMILES string of the molecule is CCCN(CC#N)C(=O)c1ccc(I)c(O)c1. The first-order chi connectivity index (χ1) is 8.10. The summed E-state index contributed by atoms with van der Waals surface area (Å²) in [7, 11) is 0. The molecule has 1 rings (SSSR count). The molecule has 0 fully saturated rings. The molecule has 0 saturated carbocycles. The number of carbonyl (C=O) groups excluding carboxylic acids is 1. The van der Waals surface area contributed by atoms with E-state index in [1.165, 1.54) is 11.0 Å². The monoisotopic (exact) mass is 344 g/mol. The lowest BCUT2D eigenvalue weighted by Crippen LogP contribution is -2.32. The van der Waals surface area contributed by atoms with Crippen LogP contribution in [0.15, 0.2) is 18.2 Å². The Morgan fingerprint density at radius 3 is 2.82 bits per heavy atom. The zero-order valence-electron chi connectivity index (χ0n) is 9.48. The first kappa shape index (κ1) is 13.8. The molecule has 0 unspecified atom stereocenters. The number of halogens is 1. The molecule has 1 amide bonds. The highest BCUT2D eigenvalue weighted by Gasteiger charge is 2.15. The first-order valence-corrected chi connectivity index (χ1v) is 6.32. The number of phenols is 1. The van der Waals surface area contributed by atoms with Gasteiger partial charge in [0.1, 0.15) is 12.3 Å². The predicted octanol–water partition coefficient (Wildman–Crippen LogP) is 2.37. The molecule has 0 radical (unpaired) electrons. The van der Waals surface area contributed by atoms with Gasteiger partial charge in [0.15, 0.2) is 0 Å². The third kappa shape index (κ3) is 3.60. The summed E-state index contributed by atoms with van der Waals surface area (Å²) < 4.78 is 0.696.